The molecule has 5 rings (SSSR count). The standard InChI is InChI=1S/C30H24N4S2/c1-19-6-9-24(18-33-19)34(22-10-7-20(8-11-22)30(2,3)4)23-12-13-26-27(15-23)36-28-16-25(35-29(26)28)14-21(17-31)32-5/h6-16,18H,1-4H3/b21-14-. The van der Waals surface area contributed by atoms with Crippen LogP contribution in [0.4, 0.5) is 17.1 Å². The van der Waals surface area contributed by atoms with Gasteiger partial charge < -0.3 is 4.90 Å². The zero-order valence-electron chi connectivity index (χ0n) is 20.5. The van der Waals surface area contributed by atoms with Crippen LogP contribution < -0.4 is 4.90 Å². The van der Waals surface area contributed by atoms with Crippen molar-refractivity contribution in [3.05, 3.63) is 100 Å². The smallest absolute Gasteiger partial charge is 0.263 e. The van der Waals surface area contributed by atoms with Gasteiger partial charge in [-0.2, -0.15) is 0 Å². The van der Waals surface area contributed by atoms with Gasteiger partial charge in [0.25, 0.3) is 5.70 Å². The number of nitrogens with zero attached hydrogens (tertiary/aromatic N) is 4. The molecule has 36 heavy (non-hydrogen) atoms. The Morgan fingerprint density at radius 2 is 1.69 bits per heavy atom. The molecule has 0 unspecified atom stereocenters. The van der Waals surface area contributed by atoms with Gasteiger partial charge in [-0.25, -0.2) is 10.1 Å². The minimum absolute atomic E-state index is 0.0905. The van der Waals surface area contributed by atoms with E-state index in [0.29, 0.717) is 0 Å². The number of nitriles is 1. The molecular weight excluding hydrogens is 480 g/mol. The average Bonchev–Trinajstić information content (AvgIpc) is 3.40. The lowest BCUT2D eigenvalue weighted by atomic mass is 9.87. The molecule has 3 heterocycles. The van der Waals surface area contributed by atoms with E-state index in [1.54, 1.807) is 28.7 Å². The van der Waals surface area contributed by atoms with Gasteiger partial charge in [0.2, 0.25) is 0 Å². The number of aromatic nitrogens is 1. The Morgan fingerprint density at radius 1 is 0.972 bits per heavy atom. The third kappa shape index (κ3) is 4.50. The first kappa shape index (κ1) is 23.8. The van der Waals surface area contributed by atoms with Crippen LogP contribution in [0.5, 0.6) is 0 Å². The molecule has 0 bridgehead atoms. The molecule has 0 aliphatic heterocycles. The number of hydrogen-bond donors (Lipinski definition) is 0. The van der Waals surface area contributed by atoms with Gasteiger partial charge in [0.15, 0.2) is 0 Å². The Bertz CT molecular complexity index is 1670. The number of hydrogen-bond acceptors (Lipinski definition) is 5. The average molecular weight is 505 g/mol. The number of benzene rings is 2. The van der Waals surface area contributed by atoms with E-state index in [4.69, 9.17) is 11.8 Å². The minimum atomic E-state index is 0.0905. The fourth-order valence-electron chi connectivity index (χ4n) is 4.14. The van der Waals surface area contributed by atoms with Crippen LogP contribution in [0.15, 0.2) is 72.6 Å². The maximum absolute atomic E-state index is 9.09. The highest BCUT2D eigenvalue weighted by atomic mass is 32.1. The lowest BCUT2D eigenvalue weighted by Gasteiger charge is -2.26. The maximum atomic E-state index is 9.09. The second-order valence-electron chi connectivity index (χ2n) is 9.67. The van der Waals surface area contributed by atoms with Crippen molar-refractivity contribution >= 4 is 65.3 Å². The monoisotopic (exact) mass is 504 g/mol. The van der Waals surface area contributed by atoms with Gasteiger partial charge >= 0.3 is 0 Å². The highest BCUT2D eigenvalue weighted by Gasteiger charge is 2.18. The Hall–Kier alpha value is -3.97. The van der Waals surface area contributed by atoms with E-state index in [2.05, 4.69) is 90.1 Å². The van der Waals surface area contributed by atoms with E-state index in [9.17, 15) is 0 Å². The summed E-state index contributed by atoms with van der Waals surface area (Å²) in [6, 6.07) is 23.5. The molecule has 0 atom stereocenters. The van der Waals surface area contributed by atoms with Crippen LogP contribution in [-0.4, -0.2) is 4.98 Å². The first-order valence-electron chi connectivity index (χ1n) is 11.6. The SMILES string of the molecule is [C-]#[N+]/C(C#N)=C\c1cc2sc3cc(N(c4ccc(C(C)(C)C)cc4)c4ccc(C)nc4)ccc3c2s1. The fraction of sp³-hybridized carbons (Fsp3) is 0.167. The van der Waals surface area contributed by atoms with Crippen molar-refractivity contribution in [1.82, 2.24) is 4.98 Å². The summed E-state index contributed by atoms with van der Waals surface area (Å²) in [5.41, 5.74) is 5.65. The van der Waals surface area contributed by atoms with Crippen molar-refractivity contribution in [2.24, 2.45) is 0 Å². The topological polar surface area (TPSA) is 44.3 Å². The molecule has 0 amide bonds. The van der Waals surface area contributed by atoms with E-state index in [1.165, 1.54) is 25.0 Å². The highest BCUT2D eigenvalue weighted by Crippen LogP contribution is 2.43. The van der Waals surface area contributed by atoms with E-state index >= 15 is 0 Å². The molecule has 0 radical (unpaired) electrons. The van der Waals surface area contributed by atoms with Crippen molar-refractivity contribution in [2.75, 3.05) is 4.90 Å². The summed E-state index contributed by atoms with van der Waals surface area (Å²) in [5, 5.41) is 10.3. The molecule has 0 saturated carbocycles. The number of aryl methyl sites for hydroxylation is 1. The van der Waals surface area contributed by atoms with Crippen LogP contribution in [0.1, 0.15) is 36.9 Å². The summed E-state index contributed by atoms with van der Waals surface area (Å²) in [4.78, 5) is 11.0. The molecule has 176 valence electrons. The molecule has 4 nitrogen and oxygen atoms in total. The van der Waals surface area contributed by atoms with Gasteiger partial charge in [-0.15, -0.1) is 22.7 Å². The zero-order valence-corrected chi connectivity index (χ0v) is 22.2. The van der Waals surface area contributed by atoms with Gasteiger partial charge in [0.05, 0.1) is 29.2 Å². The summed E-state index contributed by atoms with van der Waals surface area (Å²) < 4.78 is 3.55. The molecule has 6 heteroatoms. The second kappa shape index (κ2) is 9.24. The van der Waals surface area contributed by atoms with Crippen molar-refractivity contribution in [2.45, 2.75) is 33.1 Å². The molecule has 3 aromatic heterocycles. The van der Waals surface area contributed by atoms with Crippen molar-refractivity contribution in [3.8, 4) is 6.07 Å². The number of thiophene rings is 2. The van der Waals surface area contributed by atoms with Crippen LogP contribution in [-0.2, 0) is 5.41 Å². The largest absolute Gasteiger partial charge is 0.309 e. The first-order valence-corrected chi connectivity index (χ1v) is 13.2. The Labute approximate surface area is 219 Å². The first-order chi connectivity index (χ1) is 17.3. The third-order valence-electron chi connectivity index (χ3n) is 6.06. The van der Waals surface area contributed by atoms with Gasteiger partial charge in [-0.05, 0) is 66.4 Å². The van der Waals surface area contributed by atoms with Crippen molar-refractivity contribution < 1.29 is 0 Å². The zero-order chi connectivity index (χ0) is 25.4. The number of allylic oxidation sites excluding steroid dienone is 1. The van der Waals surface area contributed by atoms with Crippen molar-refractivity contribution in [1.29, 1.82) is 5.26 Å². The Kier molecular flexibility index (Phi) is 6.10. The summed E-state index contributed by atoms with van der Waals surface area (Å²) in [6.07, 6.45) is 3.59. The van der Waals surface area contributed by atoms with Crippen LogP contribution in [0.3, 0.4) is 0 Å². The number of fused-ring (bicyclic) bond motifs is 3. The summed E-state index contributed by atoms with van der Waals surface area (Å²) in [7, 11) is 0. The van der Waals surface area contributed by atoms with Gasteiger partial charge in [0, 0.05) is 36.7 Å². The Balaban J connectivity index is 1.61. The fourth-order valence-corrected chi connectivity index (χ4v) is 6.65. The molecule has 5 aromatic rings. The summed E-state index contributed by atoms with van der Waals surface area (Å²) in [6.45, 7) is 15.8. The van der Waals surface area contributed by atoms with E-state index < -0.39 is 0 Å². The van der Waals surface area contributed by atoms with E-state index in [1.807, 2.05) is 25.3 Å². The molecule has 0 saturated heterocycles. The predicted molar refractivity (Wildman–Crippen MR) is 153 cm³/mol. The summed E-state index contributed by atoms with van der Waals surface area (Å²) in [5.74, 6) is 0. The van der Waals surface area contributed by atoms with Crippen LogP contribution in [0.2, 0.25) is 0 Å². The minimum Gasteiger partial charge on any atom is -0.309 e. The highest BCUT2D eigenvalue weighted by molar-refractivity contribution is 7.33. The normalized spacial score (nSPS) is 12.0. The van der Waals surface area contributed by atoms with Crippen LogP contribution in [0, 0.1) is 24.8 Å². The number of pyridine rings is 1. The number of anilines is 3. The Morgan fingerprint density at radius 3 is 2.33 bits per heavy atom. The van der Waals surface area contributed by atoms with E-state index in [0.717, 1.165) is 27.6 Å². The van der Waals surface area contributed by atoms with Gasteiger partial charge in [-0.1, -0.05) is 39.0 Å². The third-order valence-corrected chi connectivity index (χ3v) is 8.41. The predicted octanol–water partition coefficient (Wildman–Crippen LogP) is 9.37. The van der Waals surface area contributed by atoms with Crippen LogP contribution in [0.25, 0.3) is 30.4 Å². The van der Waals surface area contributed by atoms with Crippen LogP contribution >= 0.6 is 22.7 Å². The van der Waals surface area contributed by atoms with E-state index in [-0.39, 0.29) is 11.1 Å². The molecule has 0 N–H and O–H groups in total. The second-order valence-corrected chi connectivity index (χ2v) is 11.8. The quantitative estimate of drug-likeness (QED) is 0.181. The molecule has 0 spiro atoms. The maximum Gasteiger partial charge on any atom is 0.263 e. The van der Waals surface area contributed by atoms with Gasteiger partial charge in [-0.3, -0.25) is 4.98 Å². The number of rotatable bonds is 4. The lowest BCUT2D eigenvalue weighted by molar-refractivity contribution is 0.590. The molecular formula is C30H24N4S2. The molecule has 0 aliphatic carbocycles. The molecule has 2 aromatic carbocycles. The van der Waals surface area contributed by atoms with Gasteiger partial charge in [0.1, 0.15) is 0 Å². The lowest BCUT2D eigenvalue weighted by Crippen LogP contribution is -2.13. The molecule has 0 aliphatic rings. The van der Waals surface area contributed by atoms with Crippen molar-refractivity contribution in [3.63, 3.8) is 0 Å². The molecule has 0 fully saturated rings. The summed E-state index contributed by atoms with van der Waals surface area (Å²) >= 11 is 3.35.